The van der Waals surface area contributed by atoms with E-state index in [9.17, 15) is 0 Å². The number of benzene rings is 2. The van der Waals surface area contributed by atoms with Gasteiger partial charge in [0, 0.05) is 16.0 Å². The molecule has 0 saturated carbocycles. The van der Waals surface area contributed by atoms with Crippen molar-refractivity contribution in [2.45, 2.75) is 12.3 Å². The van der Waals surface area contributed by atoms with Gasteiger partial charge in [-0.15, -0.1) is 0 Å². The summed E-state index contributed by atoms with van der Waals surface area (Å²) in [6, 6.07) is 11.5. The van der Waals surface area contributed by atoms with Crippen molar-refractivity contribution < 1.29 is 9.47 Å². The van der Waals surface area contributed by atoms with Crippen LogP contribution in [0.1, 0.15) is 17.0 Å². The first kappa shape index (κ1) is 14.5. The Morgan fingerprint density at radius 1 is 1.05 bits per heavy atom. The molecule has 1 atom stereocenters. The highest BCUT2D eigenvalue weighted by molar-refractivity contribution is 6.35. The molecule has 0 bridgehead atoms. The summed E-state index contributed by atoms with van der Waals surface area (Å²) in [6.07, 6.45) is 0.786. The minimum Gasteiger partial charge on any atom is -0.454 e. The van der Waals surface area contributed by atoms with Crippen LogP contribution < -0.4 is 15.2 Å². The summed E-state index contributed by atoms with van der Waals surface area (Å²) in [7, 11) is 0. The van der Waals surface area contributed by atoms with E-state index in [0.717, 1.165) is 29.0 Å². The van der Waals surface area contributed by atoms with Crippen LogP contribution in [0.4, 0.5) is 0 Å². The van der Waals surface area contributed by atoms with Gasteiger partial charge < -0.3 is 15.2 Å². The molecule has 0 aromatic heterocycles. The van der Waals surface area contributed by atoms with Gasteiger partial charge in [0.25, 0.3) is 0 Å². The molecular weight excluding hydrogens is 309 g/mol. The van der Waals surface area contributed by atoms with Gasteiger partial charge >= 0.3 is 0 Å². The van der Waals surface area contributed by atoms with E-state index in [1.165, 1.54) is 0 Å². The zero-order valence-corrected chi connectivity index (χ0v) is 12.8. The van der Waals surface area contributed by atoms with Crippen molar-refractivity contribution >= 4 is 23.2 Å². The standard InChI is InChI=1S/C16H15Cl2NO2/c17-12-2-3-13(14(18)7-12)11(8-19)5-10-1-4-15-16(6-10)21-9-20-15/h1-4,6-7,11H,5,8-9,19H2. The Balaban J connectivity index is 1.84. The van der Waals surface area contributed by atoms with Crippen LogP contribution in [0.5, 0.6) is 11.5 Å². The zero-order chi connectivity index (χ0) is 14.8. The third-order valence-electron chi connectivity index (χ3n) is 3.61. The summed E-state index contributed by atoms with van der Waals surface area (Å²) < 4.78 is 10.7. The first-order valence-electron chi connectivity index (χ1n) is 6.71. The molecule has 0 aliphatic carbocycles. The molecule has 0 fully saturated rings. The molecule has 110 valence electrons. The first-order chi connectivity index (χ1) is 10.2. The van der Waals surface area contributed by atoms with E-state index < -0.39 is 0 Å². The van der Waals surface area contributed by atoms with Gasteiger partial charge in [0.15, 0.2) is 11.5 Å². The minimum atomic E-state index is 0.134. The normalized spacial score (nSPS) is 14.2. The number of nitrogens with two attached hydrogens (primary N) is 1. The van der Waals surface area contributed by atoms with Crippen LogP contribution in [0.2, 0.25) is 10.0 Å². The van der Waals surface area contributed by atoms with E-state index in [1.54, 1.807) is 6.07 Å². The highest BCUT2D eigenvalue weighted by Crippen LogP contribution is 2.35. The van der Waals surface area contributed by atoms with Gasteiger partial charge in [0.2, 0.25) is 6.79 Å². The third kappa shape index (κ3) is 3.10. The molecule has 3 nitrogen and oxygen atoms in total. The van der Waals surface area contributed by atoms with Crippen molar-refractivity contribution in [3.63, 3.8) is 0 Å². The lowest BCUT2D eigenvalue weighted by Crippen LogP contribution is -2.15. The Morgan fingerprint density at radius 3 is 2.62 bits per heavy atom. The molecule has 5 heteroatoms. The van der Waals surface area contributed by atoms with Crippen LogP contribution in [-0.4, -0.2) is 13.3 Å². The fourth-order valence-electron chi connectivity index (χ4n) is 2.51. The molecule has 0 radical (unpaired) electrons. The maximum atomic E-state index is 6.28. The highest BCUT2D eigenvalue weighted by atomic mass is 35.5. The second kappa shape index (κ2) is 6.14. The smallest absolute Gasteiger partial charge is 0.231 e. The second-order valence-corrected chi connectivity index (χ2v) is 5.83. The highest BCUT2D eigenvalue weighted by Gasteiger charge is 2.17. The number of hydrogen-bond donors (Lipinski definition) is 1. The first-order valence-corrected chi connectivity index (χ1v) is 7.46. The Kier molecular flexibility index (Phi) is 4.24. The number of fused-ring (bicyclic) bond motifs is 1. The fraction of sp³-hybridized carbons (Fsp3) is 0.250. The van der Waals surface area contributed by atoms with Gasteiger partial charge in [0.1, 0.15) is 0 Å². The molecule has 1 unspecified atom stereocenters. The molecule has 0 amide bonds. The Labute approximate surface area is 133 Å². The number of rotatable bonds is 4. The van der Waals surface area contributed by atoms with Gasteiger partial charge in [-0.3, -0.25) is 0 Å². The van der Waals surface area contributed by atoms with Gasteiger partial charge in [-0.05, 0) is 48.4 Å². The van der Waals surface area contributed by atoms with Gasteiger partial charge in [-0.25, -0.2) is 0 Å². The molecular formula is C16H15Cl2NO2. The van der Waals surface area contributed by atoms with E-state index in [1.807, 2.05) is 30.3 Å². The molecule has 2 aromatic carbocycles. The molecule has 21 heavy (non-hydrogen) atoms. The lowest BCUT2D eigenvalue weighted by Gasteiger charge is -2.17. The third-order valence-corrected chi connectivity index (χ3v) is 4.17. The van der Waals surface area contributed by atoms with Crippen LogP contribution in [0.25, 0.3) is 0 Å². The number of ether oxygens (including phenoxy) is 2. The summed E-state index contributed by atoms with van der Waals surface area (Å²) in [4.78, 5) is 0. The van der Waals surface area contributed by atoms with Crippen LogP contribution in [-0.2, 0) is 6.42 Å². The van der Waals surface area contributed by atoms with Crippen LogP contribution in [0.3, 0.4) is 0 Å². The molecule has 1 heterocycles. The molecule has 2 N–H and O–H groups in total. The second-order valence-electron chi connectivity index (χ2n) is 4.99. The van der Waals surface area contributed by atoms with Crippen LogP contribution >= 0.6 is 23.2 Å². The van der Waals surface area contributed by atoms with Gasteiger partial charge in [0.05, 0.1) is 0 Å². The summed E-state index contributed by atoms with van der Waals surface area (Å²) in [5.41, 5.74) is 8.08. The number of hydrogen-bond acceptors (Lipinski definition) is 3. The maximum Gasteiger partial charge on any atom is 0.231 e. The van der Waals surface area contributed by atoms with Gasteiger partial charge in [-0.2, -0.15) is 0 Å². The van der Waals surface area contributed by atoms with E-state index in [-0.39, 0.29) is 12.7 Å². The SMILES string of the molecule is NCC(Cc1ccc2c(c1)OCO2)c1ccc(Cl)cc1Cl. The largest absolute Gasteiger partial charge is 0.454 e. The Hall–Kier alpha value is -1.42. The molecule has 0 saturated heterocycles. The van der Waals surface area contributed by atoms with Crippen molar-refractivity contribution in [3.8, 4) is 11.5 Å². The van der Waals surface area contributed by atoms with E-state index in [2.05, 4.69) is 0 Å². The van der Waals surface area contributed by atoms with Crippen molar-refractivity contribution in [3.05, 3.63) is 57.6 Å². The van der Waals surface area contributed by atoms with Crippen LogP contribution in [0.15, 0.2) is 36.4 Å². The quantitative estimate of drug-likeness (QED) is 0.924. The maximum absolute atomic E-state index is 6.28. The number of halogens is 2. The van der Waals surface area contributed by atoms with Crippen molar-refractivity contribution in [2.75, 3.05) is 13.3 Å². The molecule has 2 aromatic rings. The predicted molar refractivity (Wildman–Crippen MR) is 84.5 cm³/mol. The van der Waals surface area contributed by atoms with Crippen molar-refractivity contribution in [2.24, 2.45) is 5.73 Å². The predicted octanol–water partition coefficient (Wildman–Crippen LogP) is 4.01. The Morgan fingerprint density at radius 2 is 1.86 bits per heavy atom. The lowest BCUT2D eigenvalue weighted by atomic mass is 9.92. The monoisotopic (exact) mass is 323 g/mol. The summed E-state index contributed by atoms with van der Waals surface area (Å²) in [5, 5.41) is 1.28. The minimum absolute atomic E-state index is 0.134. The topological polar surface area (TPSA) is 44.5 Å². The summed E-state index contributed by atoms with van der Waals surface area (Å²) in [5.74, 6) is 1.70. The lowest BCUT2D eigenvalue weighted by molar-refractivity contribution is 0.174. The summed E-state index contributed by atoms with van der Waals surface area (Å²) in [6.45, 7) is 0.790. The van der Waals surface area contributed by atoms with E-state index >= 15 is 0 Å². The van der Waals surface area contributed by atoms with E-state index in [4.69, 9.17) is 38.4 Å². The average molecular weight is 324 g/mol. The van der Waals surface area contributed by atoms with Gasteiger partial charge in [-0.1, -0.05) is 35.3 Å². The molecule has 1 aliphatic heterocycles. The van der Waals surface area contributed by atoms with Crippen LogP contribution in [0, 0.1) is 0 Å². The summed E-state index contributed by atoms with van der Waals surface area (Å²) >= 11 is 12.2. The van der Waals surface area contributed by atoms with E-state index in [0.29, 0.717) is 16.6 Å². The zero-order valence-electron chi connectivity index (χ0n) is 11.3. The average Bonchev–Trinajstić information content (AvgIpc) is 2.93. The molecule has 1 aliphatic rings. The van der Waals surface area contributed by atoms with Crippen molar-refractivity contribution in [1.82, 2.24) is 0 Å². The fourth-order valence-corrected chi connectivity index (χ4v) is 3.07. The molecule has 3 rings (SSSR count). The Bertz CT molecular complexity index is 661. The van der Waals surface area contributed by atoms with Crippen molar-refractivity contribution in [1.29, 1.82) is 0 Å². The molecule has 0 spiro atoms.